The summed E-state index contributed by atoms with van der Waals surface area (Å²) in [5, 5.41) is 0.0329. The zero-order valence-corrected chi connectivity index (χ0v) is 12.8. The summed E-state index contributed by atoms with van der Waals surface area (Å²) in [5.41, 5.74) is 0.635. The van der Waals surface area contributed by atoms with E-state index in [2.05, 4.69) is 15.0 Å². The fourth-order valence-corrected chi connectivity index (χ4v) is 1.94. The number of anilines is 2. The van der Waals surface area contributed by atoms with Crippen molar-refractivity contribution < 1.29 is 9.13 Å². The Kier molecular flexibility index (Phi) is 4.90. The van der Waals surface area contributed by atoms with Gasteiger partial charge in [-0.15, -0.1) is 0 Å². The maximum atomic E-state index is 13.4. The molecule has 112 valence electrons. The predicted molar refractivity (Wildman–Crippen MR) is 79.7 cm³/mol. The van der Waals surface area contributed by atoms with Crippen LogP contribution in [0.5, 0.6) is 6.01 Å². The first kappa shape index (κ1) is 15.4. The van der Waals surface area contributed by atoms with Crippen LogP contribution >= 0.6 is 11.6 Å². The Balaban J connectivity index is 2.40. The van der Waals surface area contributed by atoms with Gasteiger partial charge in [0.25, 0.3) is 0 Å². The number of ether oxygens (including phenoxy) is 1. The molecular weight excluding hydrogens is 295 g/mol. The smallest absolute Gasteiger partial charge is 0.322 e. The summed E-state index contributed by atoms with van der Waals surface area (Å²) in [6, 6.07) is 6.33. The molecule has 1 aromatic carbocycles. The molecule has 2 rings (SSSR count). The second-order valence-corrected chi connectivity index (χ2v) is 4.92. The van der Waals surface area contributed by atoms with Crippen molar-refractivity contribution >= 4 is 23.2 Å². The summed E-state index contributed by atoms with van der Waals surface area (Å²) in [4.78, 5) is 14.0. The van der Waals surface area contributed by atoms with Gasteiger partial charge in [0.05, 0.1) is 6.10 Å². The molecule has 1 heterocycles. The van der Waals surface area contributed by atoms with E-state index in [9.17, 15) is 4.39 Å². The first-order chi connectivity index (χ1) is 9.99. The summed E-state index contributed by atoms with van der Waals surface area (Å²) in [6.45, 7) is 6.18. The molecule has 0 fully saturated rings. The van der Waals surface area contributed by atoms with E-state index in [1.807, 2.05) is 20.8 Å². The third kappa shape index (κ3) is 4.01. The number of benzene rings is 1. The molecule has 21 heavy (non-hydrogen) atoms. The molecule has 5 nitrogen and oxygen atoms in total. The maximum absolute atomic E-state index is 13.4. The van der Waals surface area contributed by atoms with Crippen molar-refractivity contribution in [3.05, 3.63) is 35.4 Å². The Labute approximate surface area is 127 Å². The molecule has 0 radical (unpaired) electrons. The fourth-order valence-electron chi connectivity index (χ4n) is 1.79. The average Bonchev–Trinajstić information content (AvgIpc) is 2.38. The van der Waals surface area contributed by atoms with Gasteiger partial charge in [-0.3, -0.25) is 0 Å². The molecule has 0 bridgehead atoms. The van der Waals surface area contributed by atoms with E-state index in [-0.39, 0.29) is 23.2 Å². The monoisotopic (exact) mass is 310 g/mol. The summed E-state index contributed by atoms with van der Waals surface area (Å²) in [6.07, 6.45) is -0.0828. The van der Waals surface area contributed by atoms with Gasteiger partial charge in [0.2, 0.25) is 11.2 Å². The maximum Gasteiger partial charge on any atom is 0.322 e. The lowest BCUT2D eigenvalue weighted by atomic mass is 10.3. The van der Waals surface area contributed by atoms with Crippen molar-refractivity contribution in [3.63, 3.8) is 0 Å². The van der Waals surface area contributed by atoms with E-state index in [0.717, 1.165) is 0 Å². The summed E-state index contributed by atoms with van der Waals surface area (Å²) < 4.78 is 18.8. The van der Waals surface area contributed by atoms with Crippen molar-refractivity contribution in [1.29, 1.82) is 0 Å². The number of nitrogens with zero attached hydrogens (tertiary/aromatic N) is 4. The van der Waals surface area contributed by atoms with Crippen LogP contribution in [-0.4, -0.2) is 27.6 Å². The largest absolute Gasteiger partial charge is 0.461 e. The molecule has 2 aromatic rings. The molecule has 0 N–H and O–H groups in total. The van der Waals surface area contributed by atoms with Gasteiger partial charge in [0.15, 0.2) is 0 Å². The van der Waals surface area contributed by atoms with Gasteiger partial charge in [-0.25, -0.2) is 4.39 Å². The lowest BCUT2D eigenvalue weighted by Crippen LogP contribution is -2.20. The van der Waals surface area contributed by atoms with Crippen LogP contribution in [-0.2, 0) is 0 Å². The number of halogens is 2. The van der Waals surface area contributed by atoms with E-state index in [0.29, 0.717) is 18.2 Å². The Bertz CT molecular complexity index is 624. The molecule has 0 saturated heterocycles. The molecule has 0 aliphatic heterocycles. The van der Waals surface area contributed by atoms with E-state index in [1.165, 1.54) is 12.1 Å². The molecule has 0 aliphatic rings. The molecule has 1 aromatic heterocycles. The number of hydrogen-bond donors (Lipinski definition) is 0. The van der Waals surface area contributed by atoms with Gasteiger partial charge >= 0.3 is 6.01 Å². The van der Waals surface area contributed by atoms with Gasteiger partial charge in [-0.1, -0.05) is 6.07 Å². The molecule has 0 unspecified atom stereocenters. The number of rotatable bonds is 5. The zero-order valence-electron chi connectivity index (χ0n) is 12.0. The van der Waals surface area contributed by atoms with Crippen LogP contribution in [0.2, 0.25) is 5.28 Å². The van der Waals surface area contributed by atoms with Crippen LogP contribution in [0.4, 0.5) is 16.0 Å². The third-order valence-corrected chi connectivity index (χ3v) is 2.76. The van der Waals surface area contributed by atoms with Crippen LogP contribution in [0.1, 0.15) is 20.8 Å². The van der Waals surface area contributed by atoms with Crippen LogP contribution < -0.4 is 9.64 Å². The average molecular weight is 311 g/mol. The van der Waals surface area contributed by atoms with E-state index in [4.69, 9.17) is 16.3 Å². The lowest BCUT2D eigenvalue weighted by Gasteiger charge is -2.21. The first-order valence-corrected chi connectivity index (χ1v) is 6.98. The molecule has 0 amide bonds. The normalized spacial score (nSPS) is 10.8. The molecular formula is C14H16ClFN4O. The van der Waals surface area contributed by atoms with E-state index < -0.39 is 0 Å². The third-order valence-electron chi connectivity index (χ3n) is 2.59. The highest BCUT2D eigenvalue weighted by molar-refractivity contribution is 6.28. The van der Waals surface area contributed by atoms with E-state index in [1.54, 1.807) is 17.0 Å². The van der Waals surface area contributed by atoms with Gasteiger partial charge in [0.1, 0.15) is 5.82 Å². The quantitative estimate of drug-likeness (QED) is 0.844. The second kappa shape index (κ2) is 6.67. The highest BCUT2D eigenvalue weighted by Crippen LogP contribution is 2.24. The van der Waals surface area contributed by atoms with Gasteiger partial charge in [-0.2, -0.15) is 15.0 Å². The Morgan fingerprint density at radius 2 is 2.05 bits per heavy atom. The molecule has 0 atom stereocenters. The number of hydrogen-bond acceptors (Lipinski definition) is 5. The van der Waals surface area contributed by atoms with Crippen LogP contribution in [0.25, 0.3) is 0 Å². The highest BCUT2D eigenvalue weighted by Gasteiger charge is 2.15. The van der Waals surface area contributed by atoms with Crippen molar-refractivity contribution in [3.8, 4) is 6.01 Å². The number of aromatic nitrogens is 3. The Morgan fingerprint density at radius 1 is 1.29 bits per heavy atom. The molecule has 7 heteroatoms. The highest BCUT2D eigenvalue weighted by atomic mass is 35.5. The Hall–Kier alpha value is -1.95. The van der Waals surface area contributed by atoms with Gasteiger partial charge in [0, 0.05) is 12.2 Å². The summed E-state index contributed by atoms with van der Waals surface area (Å²) in [7, 11) is 0. The van der Waals surface area contributed by atoms with Crippen LogP contribution in [0.15, 0.2) is 24.3 Å². The SMILES string of the molecule is CCN(c1cccc(F)c1)c1nc(Cl)nc(OC(C)C)n1. The predicted octanol–water partition coefficient (Wildman–Crippen LogP) is 3.61. The van der Waals surface area contributed by atoms with Gasteiger partial charge in [-0.05, 0) is 50.6 Å². The van der Waals surface area contributed by atoms with Crippen molar-refractivity contribution in [2.75, 3.05) is 11.4 Å². The van der Waals surface area contributed by atoms with Crippen molar-refractivity contribution in [1.82, 2.24) is 15.0 Å². The fraction of sp³-hybridized carbons (Fsp3) is 0.357. The van der Waals surface area contributed by atoms with E-state index >= 15 is 0 Å². The minimum Gasteiger partial charge on any atom is -0.461 e. The topological polar surface area (TPSA) is 51.1 Å². The Morgan fingerprint density at radius 3 is 2.67 bits per heavy atom. The summed E-state index contributed by atoms with van der Waals surface area (Å²) >= 11 is 5.91. The van der Waals surface area contributed by atoms with Crippen LogP contribution in [0, 0.1) is 5.82 Å². The van der Waals surface area contributed by atoms with Crippen molar-refractivity contribution in [2.24, 2.45) is 0 Å². The minimum absolute atomic E-state index is 0.0329. The second-order valence-electron chi connectivity index (χ2n) is 4.58. The first-order valence-electron chi connectivity index (χ1n) is 6.61. The molecule has 0 saturated carbocycles. The minimum atomic E-state index is -0.329. The van der Waals surface area contributed by atoms with Crippen LogP contribution in [0.3, 0.4) is 0 Å². The molecule has 0 aliphatic carbocycles. The standard InChI is InChI=1S/C14H16ClFN4O/c1-4-20(11-7-5-6-10(16)8-11)13-17-12(15)18-14(19-13)21-9(2)3/h5-9H,4H2,1-3H3. The zero-order chi connectivity index (χ0) is 15.4. The van der Waals surface area contributed by atoms with Crippen molar-refractivity contribution in [2.45, 2.75) is 26.9 Å². The van der Waals surface area contributed by atoms with Gasteiger partial charge < -0.3 is 9.64 Å². The molecule has 0 spiro atoms. The lowest BCUT2D eigenvalue weighted by molar-refractivity contribution is 0.221. The summed E-state index contributed by atoms with van der Waals surface area (Å²) in [5.74, 6) is -0.0106.